The van der Waals surface area contributed by atoms with Crippen molar-refractivity contribution in [2.24, 2.45) is 0 Å². The molecule has 1 atom stereocenters. The summed E-state index contributed by atoms with van der Waals surface area (Å²) in [5.74, 6) is 0.876. The average Bonchev–Trinajstić information content (AvgIpc) is 2.29. The van der Waals surface area contributed by atoms with Crippen LogP contribution in [-0.4, -0.2) is 18.3 Å². The molecular formula is C13H17NO2. The summed E-state index contributed by atoms with van der Waals surface area (Å²) < 4.78 is 5.23. The van der Waals surface area contributed by atoms with Crippen LogP contribution in [0.4, 0.5) is 0 Å². The molecule has 1 aromatic rings. The Kier molecular flexibility index (Phi) is 4.81. The van der Waals surface area contributed by atoms with E-state index < -0.39 is 6.10 Å². The van der Waals surface area contributed by atoms with Crippen molar-refractivity contribution in [3.8, 4) is 11.8 Å². The number of ether oxygens (including phenoxy) is 1. The van der Waals surface area contributed by atoms with Crippen LogP contribution in [0.3, 0.4) is 0 Å². The Labute approximate surface area is 96.3 Å². The van der Waals surface area contributed by atoms with Crippen molar-refractivity contribution in [3.05, 3.63) is 29.3 Å². The zero-order valence-electron chi connectivity index (χ0n) is 9.73. The predicted molar refractivity (Wildman–Crippen MR) is 62.3 cm³/mol. The molecule has 1 N–H and O–H groups in total. The fraction of sp³-hybridized carbons (Fsp3) is 0.462. The van der Waals surface area contributed by atoms with Gasteiger partial charge in [-0.15, -0.1) is 0 Å². The van der Waals surface area contributed by atoms with E-state index in [1.54, 1.807) is 7.11 Å². The SMILES string of the molecule is CCc1cc(CC(O)CC#N)ccc1OC. The second-order valence-electron chi connectivity index (χ2n) is 3.72. The summed E-state index contributed by atoms with van der Waals surface area (Å²) in [6.07, 6.45) is 1.01. The first-order chi connectivity index (χ1) is 7.71. The minimum absolute atomic E-state index is 0.174. The molecule has 0 aliphatic rings. The van der Waals surface area contributed by atoms with Crippen LogP contribution in [0.2, 0.25) is 0 Å². The van der Waals surface area contributed by atoms with Crippen molar-refractivity contribution in [1.82, 2.24) is 0 Å². The number of hydrogen-bond acceptors (Lipinski definition) is 3. The minimum Gasteiger partial charge on any atom is -0.496 e. The van der Waals surface area contributed by atoms with Crippen LogP contribution >= 0.6 is 0 Å². The van der Waals surface area contributed by atoms with E-state index in [0.717, 1.165) is 23.3 Å². The highest BCUT2D eigenvalue weighted by molar-refractivity contribution is 5.37. The van der Waals surface area contributed by atoms with Gasteiger partial charge in [0.15, 0.2) is 0 Å². The summed E-state index contributed by atoms with van der Waals surface area (Å²) in [4.78, 5) is 0. The van der Waals surface area contributed by atoms with Gasteiger partial charge in [-0.2, -0.15) is 5.26 Å². The smallest absolute Gasteiger partial charge is 0.122 e. The quantitative estimate of drug-likeness (QED) is 0.824. The molecule has 3 heteroatoms. The molecule has 0 spiro atoms. The molecular weight excluding hydrogens is 202 g/mol. The van der Waals surface area contributed by atoms with Crippen molar-refractivity contribution < 1.29 is 9.84 Å². The highest BCUT2D eigenvalue weighted by Gasteiger charge is 2.07. The second-order valence-corrected chi connectivity index (χ2v) is 3.72. The van der Waals surface area contributed by atoms with Crippen LogP contribution < -0.4 is 4.74 Å². The number of nitriles is 1. The third kappa shape index (κ3) is 3.25. The fourth-order valence-electron chi connectivity index (χ4n) is 1.68. The van der Waals surface area contributed by atoms with E-state index in [4.69, 9.17) is 10.00 Å². The van der Waals surface area contributed by atoms with Gasteiger partial charge in [0.2, 0.25) is 0 Å². The molecule has 0 saturated heterocycles. The second kappa shape index (κ2) is 6.14. The first kappa shape index (κ1) is 12.5. The summed E-state index contributed by atoms with van der Waals surface area (Å²) in [6.45, 7) is 2.06. The molecule has 1 aromatic carbocycles. The van der Waals surface area contributed by atoms with Gasteiger partial charge in [-0.25, -0.2) is 0 Å². The number of aryl methyl sites for hydroxylation is 1. The molecule has 16 heavy (non-hydrogen) atoms. The Hall–Kier alpha value is -1.53. The lowest BCUT2D eigenvalue weighted by Gasteiger charge is -2.11. The van der Waals surface area contributed by atoms with Gasteiger partial charge >= 0.3 is 0 Å². The predicted octanol–water partition coefficient (Wildman–Crippen LogP) is 2.07. The van der Waals surface area contributed by atoms with E-state index in [2.05, 4.69) is 6.92 Å². The Morgan fingerprint density at radius 3 is 2.81 bits per heavy atom. The maximum absolute atomic E-state index is 9.54. The lowest BCUT2D eigenvalue weighted by Crippen LogP contribution is -2.09. The van der Waals surface area contributed by atoms with Gasteiger partial charge in [-0.05, 0) is 30.0 Å². The number of rotatable bonds is 5. The van der Waals surface area contributed by atoms with Crippen LogP contribution in [0, 0.1) is 11.3 Å². The number of hydrogen-bond donors (Lipinski definition) is 1. The van der Waals surface area contributed by atoms with Gasteiger partial charge in [0.25, 0.3) is 0 Å². The highest BCUT2D eigenvalue weighted by Crippen LogP contribution is 2.21. The van der Waals surface area contributed by atoms with E-state index in [9.17, 15) is 5.11 Å². The average molecular weight is 219 g/mol. The summed E-state index contributed by atoms with van der Waals surface area (Å²) in [5, 5.41) is 18.0. The lowest BCUT2D eigenvalue weighted by atomic mass is 10.0. The first-order valence-corrected chi connectivity index (χ1v) is 5.42. The van der Waals surface area contributed by atoms with Gasteiger partial charge < -0.3 is 9.84 Å². The van der Waals surface area contributed by atoms with Crippen LogP contribution in [0.5, 0.6) is 5.75 Å². The van der Waals surface area contributed by atoms with Gasteiger partial charge in [-0.1, -0.05) is 19.1 Å². The van der Waals surface area contributed by atoms with E-state index in [0.29, 0.717) is 6.42 Å². The zero-order valence-corrected chi connectivity index (χ0v) is 9.73. The van der Waals surface area contributed by atoms with E-state index >= 15 is 0 Å². The molecule has 0 aromatic heterocycles. The van der Waals surface area contributed by atoms with Crippen LogP contribution in [0.15, 0.2) is 18.2 Å². The molecule has 0 aliphatic carbocycles. The number of aliphatic hydroxyl groups is 1. The largest absolute Gasteiger partial charge is 0.496 e. The maximum Gasteiger partial charge on any atom is 0.122 e. The maximum atomic E-state index is 9.54. The monoisotopic (exact) mass is 219 g/mol. The molecule has 0 fully saturated rings. The highest BCUT2D eigenvalue weighted by atomic mass is 16.5. The van der Waals surface area contributed by atoms with Gasteiger partial charge in [0.05, 0.1) is 25.7 Å². The number of nitrogens with zero attached hydrogens (tertiary/aromatic N) is 1. The number of methoxy groups -OCH3 is 1. The molecule has 0 radical (unpaired) electrons. The third-order valence-corrected chi connectivity index (χ3v) is 2.52. The zero-order chi connectivity index (χ0) is 12.0. The number of aliphatic hydroxyl groups excluding tert-OH is 1. The Balaban J connectivity index is 2.79. The molecule has 1 unspecified atom stereocenters. The molecule has 0 saturated carbocycles. The lowest BCUT2D eigenvalue weighted by molar-refractivity contribution is 0.180. The van der Waals surface area contributed by atoms with E-state index in [1.165, 1.54) is 0 Å². The van der Waals surface area contributed by atoms with Crippen molar-refractivity contribution >= 4 is 0 Å². The number of benzene rings is 1. The Bertz CT molecular complexity index is 382. The van der Waals surface area contributed by atoms with Crippen molar-refractivity contribution in [2.75, 3.05) is 7.11 Å². The van der Waals surface area contributed by atoms with Crippen LogP contribution in [0.25, 0.3) is 0 Å². The normalized spacial score (nSPS) is 11.9. The minimum atomic E-state index is -0.580. The van der Waals surface area contributed by atoms with Gasteiger partial charge in [-0.3, -0.25) is 0 Å². The molecule has 86 valence electrons. The van der Waals surface area contributed by atoms with Crippen LogP contribution in [-0.2, 0) is 12.8 Å². The summed E-state index contributed by atoms with van der Waals surface area (Å²) in [5.41, 5.74) is 2.17. The topological polar surface area (TPSA) is 53.2 Å². The molecule has 0 heterocycles. The third-order valence-electron chi connectivity index (χ3n) is 2.52. The van der Waals surface area contributed by atoms with Gasteiger partial charge in [0.1, 0.15) is 5.75 Å². The molecule has 0 bridgehead atoms. The van der Waals surface area contributed by atoms with Crippen LogP contribution in [0.1, 0.15) is 24.5 Å². The van der Waals surface area contributed by atoms with E-state index in [-0.39, 0.29) is 6.42 Å². The summed E-state index contributed by atoms with van der Waals surface area (Å²) >= 11 is 0. The molecule has 1 rings (SSSR count). The molecule has 0 aliphatic heterocycles. The standard InChI is InChI=1S/C13H17NO2/c1-3-11-8-10(4-5-13(11)16-2)9-12(15)6-7-14/h4-5,8,12,15H,3,6,9H2,1-2H3. The fourth-order valence-corrected chi connectivity index (χ4v) is 1.68. The summed E-state index contributed by atoms with van der Waals surface area (Å²) in [6, 6.07) is 7.83. The Morgan fingerprint density at radius 2 is 2.25 bits per heavy atom. The van der Waals surface area contributed by atoms with Gasteiger partial charge in [0, 0.05) is 0 Å². The Morgan fingerprint density at radius 1 is 1.50 bits per heavy atom. The van der Waals surface area contributed by atoms with E-state index in [1.807, 2.05) is 24.3 Å². The van der Waals surface area contributed by atoms with Crippen molar-refractivity contribution in [1.29, 1.82) is 5.26 Å². The van der Waals surface area contributed by atoms with Crippen molar-refractivity contribution in [3.63, 3.8) is 0 Å². The van der Waals surface area contributed by atoms with Crippen molar-refractivity contribution in [2.45, 2.75) is 32.3 Å². The summed E-state index contributed by atoms with van der Waals surface area (Å²) in [7, 11) is 1.65. The molecule has 3 nitrogen and oxygen atoms in total. The first-order valence-electron chi connectivity index (χ1n) is 5.42. The molecule has 0 amide bonds.